The van der Waals surface area contributed by atoms with E-state index in [1.807, 2.05) is 42.5 Å². The summed E-state index contributed by atoms with van der Waals surface area (Å²) in [4.78, 5) is 27.4. The average molecular weight is 468 g/mol. The number of aromatic nitrogens is 3. The second-order valence-corrected chi connectivity index (χ2v) is 8.56. The van der Waals surface area contributed by atoms with Crippen molar-refractivity contribution in [3.63, 3.8) is 0 Å². The molecular weight excluding hydrogens is 442 g/mol. The molecule has 0 fully saturated rings. The minimum absolute atomic E-state index is 0.115. The first-order chi connectivity index (χ1) is 17.1. The van der Waals surface area contributed by atoms with E-state index < -0.39 is 29.2 Å². The van der Waals surface area contributed by atoms with Gasteiger partial charge in [0.2, 0.25) is 0 Å². The molecular formula is C28H25N3O4. The predicted molar refractivity (Wildman–Crippen MR) is 129 cm³/mol. The van der Waals surface area contributed by atoms with E-state index in [4.69, 9.17) is 4.74 Å². The number of carbonyl (C=O) groups is 2. The predicted octanol–water partition coefficient (Wildman–Crippen LogP) is 3.72. The summed E-state index contributed by atoms with van der Waals surface area (Å²) in [6.07, 6.45) is 1.60. The summed E-state index contributed by atoms with van der Waals surface area (Å²) in [5.74, 6) is -3.14. The molecule has 4 aromatic rings. The lowest BCUT2D eigenvalue weighted by atomic mass is 9.62. The standard InChI is InChI=1S/C28H25N3O4/c1-2-35-27(33)25-24(23-17-29-30-31(23)18-19-11-5-3-6-12-19)21-15-9-10-16-22(21)26(32)28(25,34)20-13-7-4-8-14-20/h3-17,24-25,34H,2,18H2,1H3/t24-,25-,28+/m1/s1. The Kier molecular flexibility index (Phi) is 6.01. The van der Waals surface area contributed by atoms with Gasteiger partial charge in [0.05, 0.1) is 25.0 Å². The second-order valence-electron chi connectivity index (χ2n) is 8.56. The highest BCUT2D eigenvalue weighted by Crippen LogP contribution is 2.50. The summed E-state index contributed by atoms with van der Waals surface area (Å²) in [7, 11) is 0. The van der Waals surface area contributed by atoms with E-state index in [1.54, 1.807) is 60.3 Å². The van der Waals surface area contributed by atoms with E-state index in [0.29, 0.717) is 28.9 Å². The van der Waals surface area contributed by atoms with Crippen LogP contribution in [0.15, 0.2) is 91.1 Å². The number of rotatable bonds is 6. The van der Waals surface area contributed by atoms with Crippen LogP contribution in [0.1, 0.15) is 45.6 Å². The maximum absolute atomic E-state index is 13.9. The van der Waals surface area contributed by atoms with Crippen molar-refractivity contribution in [1.29, 1.82) is 0 Å². The van der Waals surface area contributed by atoms with E-state index in [0.717, 1.165) is 5.56 Å². The number of benzene rings is 3. The van der Waals surface area contributed by atoms with Crippen molar-refractivity contribution in [2.45, 2.75) is 25.0 Å². The summed E-state index contributed by atoms with van der Waals surface area (Å²) in [5, 5.41) is 20.6. The van der Waals surface area contributed by atoms with Crippen molar-refractivity contribution < 1.29 is 19.4 Å². The van der Waals surface area contributed by atoms with Crippen molar-refractivity contribution in [2.75, 3.05) is 6.61 Å². The SMILES string of the molecule is CCOC(=O)[C@H]1[C@@H](c2cnnn2Cc2ccccc2)c2ccccc2C(=O)[C@]1(O)c1ccccc1. The number of carbonyl (C=O) groups excluding carboxylic acids is 2. The lowest BCUT2D eigenvalue weighted by Gasteiger charge is -2.43. The number of nitrogens with zero attached hydrogens (tertiary/aromatic N) is 3. The van der Waals surface area contributed by atoms with Gasteiger partial charge in [0, 0.05) is 11.5 Å². The molecule has 0 radical (unpaired) electrons. The number of aliphatic hydroxyl groups is 1. The monoisotopic (exact) mass is 467 g/mol. The fourth-order valence-corrected chi connectivity index (χ4v) is 5.00. The molecule has 1 aromatic heterocycles. The maximum atomic E-state index is 13.9. The molecule has 3 atom stereocenters. The third kappa shape index (κ3) is 3.84. The van der Waals surface area contributed by atoms with Crippen LogP contribution in [-0.4, -0.2) is 38.5 Å². The van der Waals surface area contributed by atoms with Gasteiger partial charge in [-0.15, -0.1) is 5.10 Å². The van der Waals surface area contributed by atoms with Crippen molar-refractivity contribution >= 4 is 11.8 Å². The van der Waals surface area contributed by atoms with Gasteiger partial charge in [0.1, 0.15) is 5.92 Å². The summed E-state index contributed by atoms with van der Waals surface area (Å²) >= 11 is 0. The van der Waals surface area contributed by atoms with Gasteiger partial charge in [-0.3, -0.25) is 9.59 Å². The summed E-state index contributed by atoms with van der Waals surface area (Å²) < 4.78 is 7.16. The zero-order chi connectivity index (χ0) is 24.4. The lowest BCUT2D eigenvalue weighted by molar-refractivity contribution is -0.157. The number of esters is 1. The summed E-state index contributed by atoms with van der Waals surface area (Å²) in [5.41, 5.74) is 0.815. The molecule has 0 amide bonds. The number of ketones is 1. The van der Waals surface area contributed by atoms with Crippen LogP contribution in [0, 0.1) is 5.92 Å². The maximum Gasteiger partial charge on any atom is 0.313 e. The molecule has 7 nitrogen and oxygen atoms in total. The van der Waals surface area contributed by atoms with E-state index in [2.05, 4.69) is 10.3 Å². The van der Waals surface area contributed by atoms with Crippen molar-refractivity contribution in [1.82, 2.24) is 15.0 Å². The molecule has 1 N–H and O–H groups in total. The molecule has 35 heavy (non-hydrogen) atoms. The highest BCUT2D eigenvalue weighted by atomic mass is 16.5. The molecule has 0 spiro atoms. The molecule has 5 rings (SSSR count). The first kappa shape index (κ1) is 22.7. The molecule has 176 valence electrons. The Balaban J connectivity index is 1.74. The quantitative estimate of drug-likeness (QED) is 0.435. The fourth-order valence-electron chi connectivity index (χ4n) is 5.00. The minimum Gasteiger partial charge on any atom is -0.466 e. The van der Waals surface area contributed by atoms with E-state index in [9.17, 15) is 14.7 Å². The number of hydrogen-bond donors (Lipinski definition) is 1. The third-order valence-corrected chi connectivity index (χ3v) is 6.57. The highest BCUT2D eigenvalue weighted by molar-refractivity contribution is 6.08. The number of fused-ring (bicyclic) bond motifs is 1. The average Bonchev–Trinajstić information content (AvgIpc) is 3.34. The molecule has 0 saturated carbocycles. The van der Waals surface area contributed by atoms with Gasteiger partial charge >= 0.3 is 5.97 Å². The highest BCUT2D eigenvalue weighted by Gasteiger charge is 2.58. The molecule has 7 heteroatoms. The lowest BCUT2D eigenvalue weighted by Crippen LogP contribution is -2.53. The Bertz CT molecular complexity index is 1350. The third-order valence-electron chi connectivity index (χ3n) is 6.57. The second kappa shape index (κ2) is 9.27. The number of Topliss-reactive ketones (excluding diaryl/α,β-unsaturated/α-hetero) is 1. The molecule has 0 unspecified atom stereocenters. The van der Waals surface area contributed by atoms with E-state index in [-0.39, 0.29) is 6.61 Å². The van der Waals surface area contributed by atoms with Crippen LogP contribution in [0.2, 0.25) is 0 Å². The molecule has 1 heterocycles. The minimum atomic E-state index is -2.13. The van der Waals surface area contributed by atoms with Gasteiger partial charge in [0.25, 0.3) is 0 Å². The number of ether oxygens (including phenoxy) is 1. The molecule has 0 saturated heterocycles. The molecule has 1 aliphatic carbocycles. The van der Waals surface area contributed by atoms with Crippen LogP contribution in [0.3, 0.4) is 0 Å². The van der Waals surface area contributed by atoms with Gasteiger partial charge in [-0.05, 0) is 23.6 Å². The van der Waals surface area contributed by atoms with Gasteiger partial charge in [-0.2, -0.15) is 0 Å². The zero-order valence-electron chi connectivity index (χ0n) is 19.2. The van der Waals surface area contributed by atoms with Crippen molar-refractivity contribution in [3.05, 3.63) is 119 Å². The summed E-state index contributed by atoms with van der Waals surface area (Å²) in [6, 6.07) is 25.4. The zero-order valence-corrected chi connectivity index (χ0v) is 19.2. The van der Waals surface area contributed by atoms with Crippen LogP contribution in [0.5, 0.6) is 0 Å². The van der Waals surface area contributed by atoms with Gasteiger partial charge < -0.3 is 9.84 Å². The fraction of sp³-hybridized carbons (Fsp3) is 0.214. The van der Waals surface area contributed by atoms with Crippen LogP contribution in [0.4, 0.5) is 0 Å². The molecule has 1 aliphatic rings. The van der Waals surface area contributed by atoms with Gasteiger partial charge in [0.15, 0.2) is 11.4 Å². The topological polar surface area (TPSA) is 94.3 Å². The molecule has 0 aliphatic heterocycles. The first-order valence-corrected chi connectivity index (χ1v) is 11.6. The van der Waals surface area contributed by atoms with E-state index >= 15 is 0 Å². The van der Waals surface area contributed by atoms with Crippen LogP contribution in [0.25, 0.3) is 0 Å². The normalized spacial score (nSPS) is 21.4. The Morgan fingerprint density at radius 2 is 1.66 bits per heavy atom. The van der Waals surface area contributed by atoms with Gasteiger partial charge in [-0.25, -0.2) is 4.68 Å². The Morgan fingerprint density at radius 1 is 1.00 bits per heavy atom. The van der Waals surface area contributed by atoms with Crippen LogP contribution < -0.4 is 0 Å². The molecule has 3 aromatic carbocycles. The van der Waals surface area contributed by atoms with Crippen molar-refractivity contribution in [2.24, 2.45) is 5.92 Å². The summed E-state index contributed by atoms with van der Waals surface area (Å²) in [6.45, 7) is 2.24. The van der Waals surface area contributed by atoms with Crippen molar-refractivity contribution in [3.8, 4) is 0 Å². The number of hydrogen-bond acceptors (Lipinski definition) is 6. The van der Waals surface area contributed by atoms with Crippen LogP contribution in [-0.2, 0) is 21.7 Å². The Morgan fingerprint density at radius 3 is 2.37 bits per heavy atom. The smallest absolute Gasteiger partial charge is 0.313 e. The van der Waals surface area contributed by atoms with Crippen LogP contribution >= 0.6 is 0 Å². The van der Waals surface area contributed by atoms with E-state index in [1.165, 1.54) is 0 Å². The largest absolute Gasteiger partial charge is 0.466 e. The molecule has 0 bridgehead atoms. The van der Waals surface area contributed by atoms with Gasteiger partial charge in [-0.1, -0.05) is 90.1 Å². The Labute approximate surface area is 203 Å². The first-order valence-electron chi connectivity index (χ1n) is 11.6. The Hall–Kier alpha value is -4.10.